The van der Waals surface area contributed by atoms with Crippen molar-refractivity contribution in [3.8, 4) is 0 Å². The number of aromatic nitrogens is 3. The fraction of sp³-hybridized carbons (Fsp3) is 0.448. The van der Waals surface area contributed by atoms with Crippen LogP contribution in [-0.2, 0) is 13.0 Å². The van der Waals surface area contributed by atoms with E-state index in [1.165, 1.54) is 5.56 Å². The van der Waals surface area contributed by atoms with Gasteiger partial charge in [-0.15, -0.1) is 0 Å². The summed E-state index contributed by atoms with van der Waals surface area (Å²) < 4.78 is 5.66. The molecule has 2 aliphatic rings. The van der Waals surface area contributed by atoms with Crippen molar-refractivity contribution in [2.45, 2.75) is 52.5 Å². The van der Waals surface area contributed by atoms with Crippen LogP contribution < -0.4 is 0 Å². The van der Waals surface area contributed by atoms with Crippen LogP contribution in [0.3, 0.4) is 0 Å². The van der Waals surface area contributed by atoms with Crippen molar-refractivity contribution >= 4 is 27.9 Å². The number of benzene rings is 1. The van der Waals surface area contributed by atoms with Crippen LogP contribution in [0.4, 0.5) is 0 Å². The van der Waals surface area contributed by atoms with Crippen LogP contribution in [-0.4, -0.2) is 57.0 Å². The summed E-state index contributed by atoms with van der Waals surface area (Å²) in [5.74, 6) is 0.498. The van der Waals surface area contributed by atoms with Crippen LogP contribution in [0.2, 0.25) is 0 Å². The fourth-order valence-corrected chi connectivity index (χ4v) is 5.22. The predicted molar refractivity (Wildman–Crippen MR) is 140 cm³/mol. The Morgan fingerprint density at radius 1 is 1.08 bits per heavy atom. The van der Waals surface area contributed by atoms with E-state index in [1.807, 2.05) is 23.2 Å². The standard InChI is InChI=1S/C29H33N5O2/c1-29(2,3)17-24-25-22(16-23(19-9-10-19)31-27(25)36-32-24)28(35)34-14-12-33(13-15-34)18-21-7-4-6-20-8-5-11-30-26(20)21/h4-8,11,16,19H,9-10,12-15,17-18H2,1-3H3. The van der Waals surface area contributed by atoms with Gasteiger partial charge in [0.05, 0.1) is 22.2 Å². The monoisotopic (exact) mass is 483 g/mol. The highest BCUT2D eigenvalue weighted by Crippen LogP contribution is 2.41. The van der Waals surface area contributed by atoms with Gasteiger partial charge in [-0.05, 0) is 42.4 Å². The largest absolute Gasteiger partial charge is 0.336 e. The Hall–Kier alpha value is -3.32. The van der Waals surface area contributed by atoms with Gasteiger partial charge in [0.1, 0.15) is 0 Å². The maximum Gasteiger partial charge on any atom is 0.259 e. The molecule has 0 N–H and O–H groups in total. The number of carbonyl (C=O) groups excluding carboxylic acids is 1. The van der Waals surface area contributed by atoms with Gasteiger partial charge in [0.15, 0.2) is 0 Å². The lowest BCUT2D eigenvalue weighted by Crippen LogP contribution is -2.48. The van der Waals surface area contributed by atoms with E-state index in [-0.39, 0.29) is 11.3 Å². The van der Waals surface area contributed by atoms with Gasteiger partial charge in [0, 0.05) is 55.9 Å². The Kier molecular flexibility index (Phi) is 5.75. The third-order valence-electron chi connectivity index (χ3n) is 7.23. The number of carbonyl (C=O) groups is 1. The lowest BCUT2D eigenvalue weighted by atomic mass is 9.89. The highest BCUT2D eigenvalue weighted by atomic mass is 16.5. The zero-order valence-corrected chi connectivity index (χ0v) is 21.3. The Morgan fingerprint density at radius 2 is 1.86 bits per heavy atom. The molecule has 3 aromatic heterocycles. The van der Waals surface area contributed by atoms with Gasteiger partial charge in [-0.25, -0.2) is 4.98 Å². The van der Waals surface area contributed by atoms with Gasteiger partial charge in [0.2, 0.25) is 0 Å². The number of pyridine rings is 2. The number of rotatable bonds is 5. The van der Waals surface area contributed by atoms with Crippen LogP contribution in [0.5, 0.6) is 0 Å². The molecule has 1 saturated heterocycles. The summed E-state index contributed by atoms with van der Waals surface area (Å²) in [7, 11) is 0. The van der Waals surface area contributed by atoms with Gasteiger partial charge in [-0.3, -0.25) is 14.7 Å². The zero-order valence-electron chi connectivity index (χ0n) is 21.3. The second-order valence-corrected chi connectivity index (χ2v) is 11.5. The minimum Gasteiger partial charge on any atom is -0.336 e. The molecule has 0 radical (unpaired) electrons. The van der Waals surface area contributed by atoms with E-state index >= 15 is 0 Å². The summed E-state index contributed by atoms with van der Waals surface area (Å²) in [4.78, 5) is 27.6. The maximum atomic E-state index is 13.9. The Bertz CT molecular complexity index is 1420. The van der Waals surface area contributed by atoms with Gasteiger partial charge in [0.25, 0.3) is 11.6 Å². The van der Waals surface area contributed by atoms with E-state index in [2.05, 4.69) is 60.1 Å². The molecule has 1 amide bonds. The van der Waals surface area contributed by atoms with Gasteiger partial charge < -0.3 is 9.42 Å². The highest BCUT2D eigenvalue weighted by molar-refractivity contribution is 6.06. The van der Waals surface area contributed by atoms with Gasteiger partial charge >= 0.3 is 0 Å². The summed E-state index contributed by atoms with van der Waals surface area (Å²) in [5.41, 5.74) is 5.32. The number of nitrogens with zero attached hydrogens (tertiary/aromatic N) is 5. The molecule has 4 heterocycles. The van der Waals surface area contributed by atoms with Crippen molar-refractivity contribution in [3.63, 3.8) is 0 Å². The predicted octanol–water partition coefficient (Wildman–Crippen LogP) is 5.20. The quantitative estimate of drug-likeness (QED) is 0.389. The number of hydrogen-bond acceptors (Lipinski definition) is 6. The van der Waals surface area contributed by atoms with Gasteiger partial charge in [-0.1, -0.05) is 50.2 Å². The number of fused-ring (bicyclic) bond motifs is 2. The highest BCUT2D eigenvalue weighted by Gasteiger charge is 2.32. The molecule has 6 rings (SSSR count). The second kappa shape index (κ2) is 8.96. The van der Waals surface area contributed by atoms with E-state index < -0.39 is 0 Å². The molecule has 0 spiro atoms. The minimum atomic E-state index is 0.0291. The molecular formula is C29H33N5O2. The van der Waals surface area contributed by atoms with Crippen LogP contribution in [0.25, 0.3) is 22.0 Å². The van der Waals surface area contributed by atoms with E-state index in [0.717, 1.165) is 66.6 Å². The number of hydrogen-bond donors (Lipinski definition) is 0. The molecule has 7 heteroatoms. The Morgan fingerprint density at radius 3 is 2.61 bits per heavy atom. The third kappa shape index (κ3) is 4.60. The lowest BCUT2D eigenvalue weighted by molar-refractivity contribution is 0.0630. The lowest BCUT2D eigenvalue weighted by Gasteiger charge is -2.35. The normalized spacial score (nSPS) is 17.2. The summed E-state index contributed by atoms with van der Waals surface area (Å²) in [6.45, 7) is 10.4. The first-order valence-electron chi connectivity index (χ1n) is 13.0. The van der Waals surface area contributed by atoms with Crippen LogP contribution >= 0.6 is 0 Å². The molecule has 0 bridgehead atoms. The molecule has 36 heavy (non-hydrogen) atoms. The number of para-hydroxylation sites is 1. The summed E-state index contributed by atoms with van der Waals surface area (Å²) >= 11 is 0. The van der Waals surface area contributed by atoms with Crippen LogP contribution in [0, 0.1) is 5.41 Å². The SMILES string of the molecule is CC(C)(C)Cc1noc2nc(C3CC3)cc(C(=O)N3CCN(Cc4cccc5cccnc45)CC3)c12. The summed E-state index contributed by atoms with van der Waals surface area (Å²) in [5, 5.41) is 6.31. The maximum absolute atomic E-state index is 13.9. The molecular weight excluding hydrogens is 450 g/mol. The molecule has 4 aromatic rings. The van der Waals surface area contributed by atoms with Crippen LogP contribution in [0.15, 0.2) is 47.1 Å². The molecule has 186 valence electrons. The van der Waals surface area contributed by atoms with E-state index in [0.29, 0.717) is 30.3 Å². The first kappa shape index (κ1) is 23.1. The molecule has 0 unspecified atom stereocenters. The molecule has 0 atom stereocenters. The average molecular weight is 484 g/mol. The van der Waals surface area contributed by atoms with Crippen molar-refractivity contribution < 1.29 is 9.32 Å². The third-order valence-corrected chi connectivity index (χ3v) is 7.23. The summed E-state index contributed by atoms with van der Waals surface area (Å²) in [6.07, 6.45) is 4.83. The molecule has 7 nitrogen and oxygen atoms in total. The van der Waals surface area contributed by atoms with Crippen molar-refractivity contribution in [1.29, 1.82) is 0 Å². The van der Waals surface area contributed by atoms with E-state index in [1.54, 1.807) is 0 Å². The smallest absolute Gasteiger partial charge is 0.259 e. The Balaban J connectivity index is 1.23. The van der Waals surface area contributed by atoms with Crippen molar-refractivity contribution in [1.82, 2.24) is 24.9 Å². The van der Waals surface area contributed by atoms with Gasteiger partial charge in [-0.2, -0.15) is 0 Å². The number of amides is 1. The molecule has 1 aromatic carbocycles. The Labute approximate surface area is 211 Å². The molecule has 1 aliphatic heterocycles. The van der Waals surface area contributed by atoms with Crippen molar-refractivity contribution in [3.05, 3.63) is 65.1 Å². The molecule has 1 aliphatic carbocycles. The first-order valence-corrected chi connectivity index (χ1v) is 13.0. The summed E-state index contributed by atoms with van der Waals surface area (Å²) in [6, 6.07) is 12.4. The van der Waals surface area contributed by atoms with E-state index in [4.69, 9.17) is 9.51 Å². The van der Waals surface area contributed by atoms with E-state index in [9.17, 15) is 4.79 Å². The fourth-order valence-electron chi connectivity index (χ4n) is 5.22. The first-order chi connectivity index (χ1) is 17.4. The zero-order chi connectivity index (χ0) is 24.9. The van der Waals surface area contributed by atoms with Crippen LogP contribution in [0.1, 0.15) is 66.8 Å². The van der Waals surface area contributed by atoms with Crippen molar-refractivity contribution in [2.24, 2.45) is 5.41 Å². The number of piperazine rings is 1. The van der Waals surface area contributed by atoms with Crippen molar-refractivity contribution in [2.75, 3.05) is 26.2 Å². The molecule has 1 saturated carbocycles. The second-order valence-electron chi connectivity index (χ2n) is 11.5. The molecule has 2 fully saturated rings. The minimum absolute atomic E-state index is 0.0291. The average Bonchev–Trinajstić information content (AvgIpc) is 3.65. The topological polar surface area (TPSA) is 75.4 Å².